The van der Waals surface area contributed by atoms with E-state index in [0.717, 1.165) is 9.79 Å². The summed E-state index contributed by atoms with van der Waals surface area (Å²) < 4.78 is 0. The van der Waals surface area contributed by atoms with Crippen LogP contribution in [-0.4, -0.2) is 10.4 Å². The van der Waals surface area contributed by atoms with Gasteiger partial charge in [0.05, 0.1) is 0 Å². The molecular weight excluding hydrogens is 220 g/mol. The van der Waals surface area contributed by atoms with Crippen molar-refractivity contribution in [2.45, 2.75) is 9.79 Å². The summed E-state index contributed by atoms with van der Waals surface area (Å²) in [5.74, 6) is 0. The molecule has 0 spiro atoms. The minimum Gasteiger partial charge on any atom is -0.474 e. The third-order valence-electron chi connectivity index (χ3n) is 2.22. The number of carbonyl (C=O) groups is 1. The molecule has 0 unspecified atom stereocenters. The van der Waals surface area contributed by atoms with Crippen molar-refractivity contribution in [3.05, 3.63) is 60.7 Å². The number of rotatable bonds is 2. The molecule has 0 radical (unpaired) electrons. The second kappa shape index (κ2) is 4.86. The molecule has 0 heterocycles. The van der Waals surface area contributed by atoms with Crippen LogP contribution in [0.3, 0.4) is 0 Å². The lowest BCUT2D eigenvalue weighted by molar-refractivity contribution is 0.221. The molecule has 0 atom stereocenters. The Labute approximate surface area is 96.9 Å². The molecule has 0 aliphatic carbocycles. The van der Waals surface area contributed by atoms with Crippen LogP contribution in [0.2, 0.25) is 0 Å². The van der Waals surface area contributed by atoms with Gasteiger partial charge < -0.3 is 5.11 Å². The van der Waals surface area contributed by atoms with Gasteiger partial charge in [-0.1, -0.05) is 36.4 Å². The van der Waals surface area contributed by atoms with Crippen LogP contribution >= 0.6 is 10.9 Å². The highest BCUT2D eigenvalue weighted by Gasteiger charge is 2.16. The van der Waals surface area contributed by atoms with E-state index >= 15 is 0 Å². The lowest BCUT2D eigenvalue weighted by Crippen LogP contribution is -1.96. The van der Waals surface area contributed by atoms with E-state index in [9.17, 15) is 9.90 Å². The fourth-order valence-corrected chi connectivity index (χ4v) is 3.20. The molecule has 0 fully saturated rings. The highest BCUT2D eigenvalue weighted by atomic mass is 32.2. The zero-order chi connectivity index (χ0) is 11.4. The molecule has 0 amide bonds. The lowest BCUT2D eigenvalue weighted by Gasteiger charge is -2.16. The first-order valence-electron chi connectivity index (χ1n) is 4.92. The van der Waals surface area contributed by atoms with E-state index < -0.39 is 16.2 Å². The monoisotopic (exact) mass is 232 g/mol. The summed E-state index contributed by atoms with van der Waals surface area (Å²) in [5, 5.41) is 8.55. The van der Waals surface area contributed by atoms with Crippen LogP contribution in [0.15, 0.2) is 70.5 Å². The standard InChI is InChI=1S/C13H12O2S/c14-13(15)16(11-7-3-1-4-8-11)12-9-5-2-6-10-12/h1-10,16H,(H,14,15). The maximum atomic E-state index is 11.3. The number of benzene rings is 2. The number of carboxylic acid groups (broad SMARTS) is 1. The average Bonchev–Trinajstić information content (AvgIpc) is 2.31. The van der Waals surface area contributed by atoms with Crippen molar-refractivity contribution in [2.24, 2.45) is 0 Å². The van der Waals surface area contributed by atoms with Crippen molar-refractivity contribution in [3.63, 3.8) is 0 Å². The largest absolute Gasteiger partial charge is 0.474 e. The molecule has 0 aliphatic heterocycles. The number of hydrogen-bond acceptors (Lipinski definition) is 1. The van der Waals surface area contributed by atoms with Crippen LogP contribution in [0.5, 0.6) is 0 Å². The molecule has 0 bridgehead atoms. The Bertz CT molecular complexity index is 428. The molecule has 0 aliphatic rings. The summed E-state index contributed by atoms with van der Waals surface area (Å²) in [4.78, 5) is 13.1. The summed E-state index contributed by atoms with van der Waals surface area (Å²) in [7, 11) is -1.29. The van der Waals surface area contributed by atoms with Crippen molar-refractivity contribution in [3.8, 4) is 0 Å². The van der Waals surface area contributed by atoms with Gasteiger partial charge in [0.15, 0.2) is 0 Å². The van der Waals surface area contributed by atoms with E-state index in [1.807, 2.05) is 60.7 Å². The molecule has 0 saturated carbocycles. The van der Waals surface area contributed by atoms with Gasteiger partial charge in [-0.2, -0.15) is 0 Å². The first-order chi connectivity index (χ1) is 7.79. The Morgan fingerprint density at radius 3 is 1.50 bits per heavy atom. The third kappa shape index (κ3) is 2.25. The fourth-order valence-electron chi connectivity index (χ4n) is 1.52. The molecule has 16 heavy (non-hydrogen) atoms. The van der Waals surface area contributed by atoms with Crippen molar-refractivity contribution in [1.82, 2.24) is 0 Å². The topological polar surface area (TPSA) is 37.3 Å². The first kappa shape index (κ1) is 10.8. The van der Waals surface area contributed by atoms with Gasteiger partial charge in [-0.25, -0.2) is 4.79 Å². The van der Waals surface area contributed by atoms with Gasteiger partial charge >= 0.3 is 5.30 Å². The van der Waals surface area contributed by atoms with Crippen LogP contribution in [0.1, 0.15) is 0 Å². The van der Waals surface area contributed by atoms with Crippen molar-refractivity contribution < 1.29 is 9.90 Å². The fraction of sp³-hybridized carbons (Fsp3) is 0. The van der Waals surface area contributed by atoms with Gasteiger partial charge in [0.2, 0.25) is 0 Å². The van der Waals surface area contributed by atoms with Crippen LogP contribution < -0.4 is 0 Å². The molecule has 2 aromatic rings. The Morgan fingerprint density at radius 2 is 1.19 bits per heavy atom. The molecular formula is C13H12O2S. The predicted octanol–water partition coefficient (Wildman–Crippen LogP) is 3.78. The third-order valence-corrected chi connectivity index (χ3v) is 4.23. The second-order valence-corrected chi connectivity index (χ2v) is 5.38. The minimum absolute atomic E-state index is 0.757. The SMILES string of the molecule is O=C(O)[SH](c1ccccc1)c1ccccc1. The molecule has 0 saturated heterocycles. The van der Waals surface area contributed by atoms with E-state index in [2.05, 4.69) is 0 Å². The zero-order valence-electron chi connectivity index (χ0n) is 8.58. The zero-order valence-corrected chi connectivity index (χ0v) is 9.47. The number of hydrogen-bond donors (Lipinski definition) is 2. The maximum absolute atomic E-state index is 11.3. The summed E-state index contributed by atoms with van der Waals surface area (Å²) in [6.07, 6.45) is 0. The Kier molecular flexibility index (Phi) is 3.27. The molecule has 0 aromatic heterocycles. The molecule has 3 heteroatoms. The quantitative estimate of drug-likeness (QED) is 0.773. The van der Waals surface area contributed by atoms with Crippen LogP contribution in [0.25, 0.3) is 0 Å². The smallest absolute Gasteiger partial charge is 0.352 e. The lowest BCUT2D eigenvalue weighted by atomic mass is 10.4. The Balaban J connectivity index is 2.44. The van der Waals surface area contributed by atoms with Crippen molar-refractivity contribution in [1.29, 1.82) is 0 Å². The van der Waals surface area contributed by atoms with Gasteiger partial charge in [-0.05, 0) is 24.3 Å². The first-order valence-corrected chi connectivity index (χ1v) is 6.26. The predicted molar refractivity (Wildman–Crippen MR) is 66.4 cm³/mol. The van der Waals surface area contributed by atoms with Gasteiger partial charge in [0.1, 0.15) is 0 Å². The van der Waals surface area contributed by atoms with Crippen LogP contribution in [0, 0.1) is 0 Å². The highest BCUT2D eigenvalue weighted by Crippen LogP contribution is 2.44. The molecule has 82 valence electrons. The van der Waals surface area contributed by atoms with Crippen LogP contribution in [-0.2, 0) is 0 Å². The second-order valence-electron chi connectivity index (χ2n) is 3.29. The van der Waals surface area contributed by atoms with E-state index in [4.69, 9.17) is 0 Å². The summed E-state index contributed by atoms with van der Waals surface area (Å²) in [6.45, 7) is 0. The summed E-state index contributed by atoms with van der Waals surface area (Å²) >= 11 is 0. The van der Waals surface area contributed by atoms with Gasteiger partial charge in [-0.15, -0.1) is 10.9 Å². The molecule has 2 rings (SSSR count). The Hall–Kier alpha value is -1.74. The molecule has 1 N–H and O–H groups in total. The van der Waals surface area contributed by atoms with E-state index in [0.29, 0.717) is 0 Å². The van der Waals surface area contributed by atoms with Crippen molar-refractivity contribution >= 4 is 16.2 Å². The molecule has 2 aromatic carbocycles. The van der Waals surface area contributed by atoms with E-state index in [-0.39, 0.29) is 0 Å². The van der Waals surface area contributed by atoms with Crippen molar-refractivity contribution in [2.75, 3.05) is 0 Å². The number of thiol groups is 1. The summed E-state index contributed by atoms with van der Waals surface area (Å²) in [6, 6.07) is 18.7. The van der Waals surface area contributed by atoms with Gasteiger partial charge in [0.25, 0.3) is 0 Å². The summed E-state index contributed by atoms with van der Waals surface area (Å²) in [5.41, 5.74) is 0. The van der Waals surface area contributed by atoms with E-state index in [1.165, 1.54) is 0 Å². The van der Waals surface area contributed by atoms with Gasteiger partial charge in [-0.3, -0.25) is 0 Å². The Morgan fingerprint density at radius 1 is 0.812 bits per heavy atom. The average molecular weight is 232 g/mol. The normalized spacial score (nSPS) is 10.9. The van der Waals surface area contributed by atoms with Crippen LogP contribution in [0.4, 0.5) is 4.79 Å². The minimum atomic E-state index is -1.29. The van der Waals surface area contributed by atoms with Gasteiger partial charge in [0, 0.05) is 9.79 Å². The maximum Gasteiger partial charge on any atom is 0.352 e. The molecule has 2 nitrogen and oxygen atoms in total. The van der Waals surface area contributed by atoms with E-state index in [1.54, 1.807) is 0 Å². The highest BCUT2D eigenvalue weighted by molar-refractivity contribution is 8.29.